The predicted octanol–water partition coefficient (Wildman–Crippen LogP) is -1.25. The van der Waals surface area contributed by atoms with Gasteiger partial charge in [0.2, 0.25) is 16.7 Å². The number of hydrogen-bond donors (Lipinski definition) is 1. The summed E-state index contributed by atoms with van der Waals surface area (Å²) in [5.41, 5.74) is 5.36. The normalized spacial score (nSPS) is 10.8. The highest BCUT2D eigenvalue weighted by atomic mass is 32.3. The summed E-state index contributed by atoms with van der Waals surface area (Å²) in [4.78, 5) is 0. The molecule has 0 aliphatic heterocycles. The van der Waals surface area contributed by atoms with E-state index in [4.69, 9.17) is 5.73 Å². The summed E-state index contributed by atoms with van der Waals surface area (Å²) in [6.07, 6.45) is 7.18. The Labute approximate surface area is 95.4 Å². The maximum atomic E-state index is 9.22. The highest BCUT2D eigenvalue weighted by Crippen LogP contribution is 1.85. The van der Waals surface area contributed by atoms with Crippen LogP contribution in [0.5, 0.6) is 0 Å². The molecule has 0 saturated carbocycles. The molecule has 1 aromatic heterocycles. The summed E-state index contributed by atoms with van der Waals surface area (Å²) < 4.78 is 35.2. The third-order valence-corrected chi connectivity index (χ3v) is 2.06. The number of hydrogen-bond acceptors (Lipinski definition) is 5. The molecule has 0 aromatic carbocycles. The molecule has 0 bridgehead atoms. The zero-order chi connectivity index (χ0) is 12.6. The zero-order valence-corrected chi connectivity index (χ0v) is 10.2. The van der Waals surface area contributed by atoms with Crippen molar-refractivity contribution in [1.82, 2.24) is 4.57 Å². The van der Waals surface area contributed by atoms with Crippen molar-refractivity contribution in [3.63, 3.8) is 0 Å². The summed E-state index contributed by atoms with van der Waals surface area (Å²) in [6, 6.07) is 0. The fraction of sp³-hybridized carbons (Fsp3) is 0.625. The molecule has 0 radical (unpaired) electrons. The van der Waals surface area contributed by atoms with Crippen molar-refractivity contribution >= 4 is 10.4 Å². The summed E-state index contributed by atoms with van der Waals surface area (Å²) in [5, 5.41) is 0. The number of imidazole rings is 1. The lowest BCUT2D eigenvalue weighted by Crippen LogP contribution is -2.23. The molecule has 0 spiro atoms. The van der Waals surface area contributed by atoms with Crippen LogP contribution in [0.2, 0.25) is 0 Å². The van der Waals surface area contributed by atoms with Gasteiger partial charge in [0.25, 0.3) is 0 Å². The average Bonchev–Trinajstić information content (AvgIpc) is 2.61. The van der Waals surface area contributed by atoms with E-state index in [9.17, 15) is 13.0 Å². The number of nitrogens with two attached hydrogens (primary N) is 1. The number of aromatic nitrogens is 2. The van der Waals surface area contributed by atoms with Gasteiger partial charge in [-0.05, 0) is 13.0 Å². The highest BCUT2D eigenvalue weighted by molar-refractivity contribution is 7.80. The summed E-state index contributed by atoms with van der Waals surface area (Å²) >= 11 is 0. The van der Waals surface area contributed by atoms with Crippen LogP contribution in [0.25, 0.3) is 0 Å². The molecule has 0 saturated heterocycles. The van der Waals surface area contributed by atoms with E-state index in [0.29, 0.717) is 0 Å². The fourth-order valence-electron chi connectivity index (χ4n) is 0.908. The fourth-order valence-corrected chi connectivity index (χ4v) is 0.908. The van der Waals surface area contributed by atoms with Crippen molar-refractivity contribution in [2.24, 2.45) is 12.8 Å². The number of rotatable bonds is 4. The van der Waals surface area contributed by atoms with Crippen molar-refractivity contribution in [2.45, 2.75) is 13.0 Å². The van der Waals surface area contributed by atoms with Crippen LogP contribution in [0.15, 0.2) is 18.7 Å². The Kier molecular flexibility index (Phi) is 6.90. The lowest BCUT2D eigenvalue weighted by Gasteiger charge is -1.98. The first-order chi connectivity index (χ1) is 7.39. The highest BCUT2D eigenvalue weighted by Gasteiger charge is 1.96. The van der Waals surface area contributed by atoms with Crippen molar-refractivity contribution < 1.29 is 21.7 Å². The van der Waals surface area contributed by atoms with Gasteiger partial charge >= 0.3 is 0 Å². The first-order valence-electron chi connectivity index (χ1n) is 4.61. The van der Waals surface area contributed by atoms with Gasteiger partial charge < -0.3 is 10.3 Å². The van der Waals surface area contributed by atoms with E-state index in [0.717, 1.165) is 26.6 Å². The van der Waals surface area contributed by atoms with E-state index < -0.39 is 10.4 Å². The van der Waals surface area contributed by atoms with Crippen LogP contribution in [-0.2, 0) is 28.2 Å². The maximum Gasteiger partial charge on any atom is 0.243 e. The standard InChI is InChI=1S/C7H14N3.CH4O4S/c1-9-5-6-10(7-9)4-2-3-8;1-5-6(2,3)4/h5-7H,2-4,8H2,1H3;1H3,(H,2,3,4)/q+1;/p-1. The smallest absolute Gasteiger partial charge is 0.243 e. The molecule has 0 fully saturated rings. The molecule has 1 rings (SSSR count). The molecule has 0 atom stereocenters. The second-order valence-corrected chi connectivity index (χ2v) is 4.18. The number of aryl methyl sites for hydroxylation is 2. The Morgan fingerprint density at radius 1 is 1.56 bits per heavy atom. The van der Waals surface area contributed by atoms with Crippen LogP contribution in [0.3, 0.4) is 0 Å². The van der Waals surface area contributed by atoms with E-state index >= 15 is 0 Å². The van der Waals surface area contributed by atoms with Gasteiger partial charge in [0.15, 0.2) is 0 Å². The SMILES string of the molecule is COS(=O)(=O)[O-].C[n+]1ccn(CCCN)c1. The first kappa shape index (κ1) is 15.0. The van der Waals surface area contributed by atoms with E-state index in [1.54, 1.807) is 0 Å². The van der Waals surface area contributed by atoms with Crippen molar-refractivity contribution in [3.8, 4) is 0 Å². The van der Waals surface area contributed by atoms with Gasteiger partial charge in [0, 0.05) is 0 Å². The molecule has 2 N–H and O–H groups in total. The average molecular weight is 251 g/mol. The van der Waals surface area contributed by atoms with E-state index in [1.165, 1.54) is 0 Å². The topological polar surface area (TPSA) is 101 Å². The van der Waals surface area contributed by atoms with Crippen LogP contribution < -0.4 is 10.3 Å². The molecule has 0 unspecified atom stereocenters. The summed E-state index contributed by atoms with van der Waals surface area (Å²) in [5.74, 6) is 0. The van der Waals surface area contributed by atoms with Crippen LogP contribution in [-0.4, -0.2) is 31.2 Å². The molecule has 16 heavy (non-hydrogen) atoms. The molecular formula is C8H17N3O4S. The molecule has 0 aliphatic rings. The lowest BCUT2D eigenvalue weighted by atomic mass is 10.4. The largest absolute Gasteiger partial charge is 0.726 e. The molecular weight excluding hydrogens is 234 g/mol. The predicted molar refractivity (Wildman–Crippen MR) is 56.0 cm³/mol. The second-order valence-electron chi connectivity index (χ2n) is 3.03. The third kappa shape index (κ3) is 8.36. The molecule has 7 nitrogen and oxygen atoms in total. The van der Waals surface area contributed by atoms with Crippen molar-refractivity contribution in [2.75, 3.05) is 13.7 Å². The molecule has 8 heteroatoms. The Hall–Kier alpha value is -0.960. The van der Waals surface area contributed by atoms with Gasteiger partial charge in [0.1, 0.15) is 12.4 Å². The van der Waals surface area contributed by atoms with Gasteiger partial charge in [0.05, 0.1) is 20.7 Å². The van der Waals surface area contributed by atoms with Gasteiger partial charge in [-0.1, -0.05) is 0 Å². The third-order valence-electron chi connectivity index (χ3n) is 1.65. The first-order valence-corrected chi connectivity index (χ1v) is 5.95. The Morgan fingerprint density at radius 2 is 2.12 bits per heavy atom. The van der Waals surface area contributed by atoms with Crippen molar-refractivity contribution in [1.29, 1.82) is 0 Å². The van der Waals surface area contributed by atoms with Crippen molar-refractivity contribution in [3.05, 3.63) is 18.7 Å². The van der Waals surface area contributed by atoms with E-state index in [1.807, 2.05) is 17.8 Å². The number of nitrogens with zero attached hydrogens (tertiary/aromatic N) is 2. The lowest BCUT2D eigenvalue weighted by molar-refractivity contribution is -0.671. The Morgan fingerprint density at radius 3 is 2.44 bits per heavy atom. The minimum absolute atomic E-state index is 0.766. The zero-order valence-electron chi connectivity index (χ0n) is 9.37. The second kappa shape index (κ2) is 7.34. The van der Waals surface area contributed by atoms with Crippen LogP contribution in [0, 0.1) is 0 Å². The van der Waals surface area contributed by atoms with Gasteiger partial charge in [-0.2, -0.15) is 0 Å². The van der Waals surface area contributed by atoms with Gasteiger partial charge in [-0.15, -0.1) is 0 Å². The van der Waals surface area contributed by atoms with Crippen LogP contribution >= 0.6 is 0 Å². The minimum Gasteiger partial charge on any atom is -0.726 e. The molecule has 94 valence electrons. The summed E-state index contributed by atoms with van der Waals surface area (Å²) in [7, 11) is -1.59. The monoisotopic (exact) mass is 251 g/mol. The Balaban J connectivity index is 0.000000325. The molecule has 0 aliphatic carbocycles. The van der Waals surface area contributed by atoms with Gasteiger partial charge in [-0.25, -0.2) is 17.6 Å². The van der Waals surface area contributed by atoms with Crippen LogP contribution in [0.4, 0.5) is 0 Å². The maximum absolute atomic E-state index is 9.22. The summed E-state index contributed by atoms with van der Waals surface area (Å²) in [6.45, 7) is 1.79. The minimum atomic E-state index is -4.41. The Bertz CT molecular complexity index is 388. The molecule has 1 heterocycles. The van der Waals surface area contributed by atoms with E-state index in [2.05, 4.69) is 21.3 Å². The van der Waals surface area contributed by atoms with Crippen LogP contribution in [0.1, 0.15) is 6.42 Å². The van der Waals surface area contributed by atoms with E-state index in [-0.39, 0.29) is 0 Å². The van der Waals surface area contributed by atoms with Gasteiger partial charge in [-0.3, -0.25) is 4.18 Å². The molecule has 0 amide bonds. The molecule has 1 aromatic rings. The quantitative estimate of drug-likeness (QED) is 0.409.